The van der Waals surface area contributed by atoms with E-state index in [2.05, 4.69) is 44.7 Å². The molecule has 3 heteroatoms. The first-order chi connectivity index (χ1) is 12.3. The second-order valence-electron chi connectivity index (χ2n) is 9.94. The van der Waals surface area contributed by atoms with Crippen LogP contribution in [0.15, 0.2) is 23.3 Å². The van der Waals surface area contributed by atoms with E-state index in [-0.39, 0.29) is 17.6 Å². The van der Waals surface area contributed by atoms with Crippen LogP contribution in [0.1, 0.15) is 72.1 Å². The second-order valence-corrected chi connectivity index (χ2v) is 11.1. The lowest BCUT2D eigenvalue weighted by Crippen LogP contribution is -2.42. The van der Waals surface area contributed by atoms with Crippen LogP contribution in [0.4, 0.5) is 0 Å². The van der Waals surface area contributed by atoms with Crippen LogP contribution in [0.3, 0.4) is 0 Å². The molecule has 0 saturated heterocycles. The Balaban J connectivity index is 1.54. The Kier molecular flexibility index (Phi) is 6.62. The van der Waals surface area contributed by atoms with E-state index >= 15 is 0 Å². The van der Waals surface area contributed by atoms with E-state index in [9.17, 15) is 5.11 Å². The lowest BCUT2D eigenvalue weighted by atomic mass is 9.66. The highest BCUT2D eigenvalue weighted by Gasteiger charge is 2.44. The number of nitrogens with two attached hydrogens (primary N) is 1. The molecule has 0 amide bonds. The van der Waals surface area contributed by atoms with Gasteiger partial charge in [0, 0.05) is 5.54 Å². The first kappa shape index (κ1) is 20.5. The first-order valence-electron chi connectivity index (χ1n) is 10.7. The Labute approximate surface area is 165 Å². The minimum atomic E-state index is -0.332. The summed E-state index contributed by atoms with van der Waals surface area (Å²) in [5, 5.41) is 9.61. The van der Waals surface area contributed by atoms with Gasteiger partial charge in [-0.15, -0.1) is 0 Å². The lowest BCUT2D eigenvalue weighted by Gasteiger charge is -2.39. The summed E-state index contributed by atoms with van der Waals surface area (Å²) in [7, 11) is 0. The van der Waals surface area contributed by atoms with Crippen LogP contribution in [-0.4, -0.2) is 28.8 Å². The molecule has 2 saturated carbocycles. The molecule has 2 fully saturated rings. The van der Waals surface area contributed by atoms with Gasteiger partial charge < -0.3 is 10.8 Å². The highest BCUT2D eigenvalue weighted by molar-refractivity contribution is 7.99. The molecule has 0 aromatic rings. The molecule has 3 aliphatic carbocycles. The van der Waals surface area contributed by atoms with Gasteiger partial charge in [0.05, 0.1) is 6.61 Å². The number of allylic oxidation sites excluding steroid dienone is 4. The van der Waals surface area contributed by atoms with Crippen molar-refractivity contribution in [2.75, 3.05) is 18.1 Å². The molecule has 0 spiro atoms. The van der Waals surface area contributed by atoms with Crippen molar-refractivity contribution in [1.29, 1.82) is 0 Å². The maximum atomic E-state index is 9.61. The number of hydrogen-bond acceptors (Lipinski definition) is 3. The van der Waals surface area contributed by atoms with Gasteiger partial charge in [-0.05, 0) is 97.2 Å². The summed E-state index contributed by atoms with van der Waals surface area (Å²) in [6.07, 6.45) is 14.7. The fourth-order valence-corrected chi connectivity index (χ4v) is 6.53. The zero-order valence-electron chi connectivity index (χ0n) is 17.1. The molecule has 0 radical (unpaired) electrons. The third kappa shape index (κ3) is 4.77. The summed E-state index contributed by atoms with van der Waals surface area (Å²) in [6, 6.07) is 0. The van der Waals surface area contributed by atoms with E-state index in [1.54, 1.807) is 11.1 Å². The number of hydrogen-bond donors (Lipinski definition) is 2. The highest BCUT2D eigenvalue weighted by atomic mass is 32.2. The fraction of sp³-hybridized carbons (Fsp3) is 0.826. The average Bonchev–Trinajstić information content (AvgIpc) is 3.02. The number of rotatable bonds is 7. The quantitative estimate of drug-likeness (QED) is 0.590. The molecule has 26 heavy (non-hydrogen) atoms. The molecule has 1 unspecified atom stereocenters. The molecule has 0 bridgehead atoms. The monoisotopic (exact) mass is 377 g/mol. The lowest BCUT2D eigenvalue weighted by molar-refractivity contribution is 0.179. The average molecular weight is 378 g/mol. The van der Waals surface area contributed by atoms with Crippen LogP contribution < -0.4 is 5.73 Å². The minimum absolute atomic E-state index is 0.132. The van der Waals surface area contributed by atoms with E-state index in [1.807, 2.05) is 0 Å². The van der Waals surface area contributed by atoms with Crippen LogP contribution in [-0.2, 0) is 0 Å². The van der Waals surface area contributed by atoms with Gasteiger partial charge in [0.25, 0.3) is 0 Å². The van der Waals surface area contributed by atoms with Crippen molar-refractivity contribution in [3.05, 3.63) is 23.3 Å². The van der Waals surface area contributed by atoms with Crippen molar-refractivity contribution < 1.29 is 5.11 Å². The number of thioether (sulfide) groups is 1. The standard InChI is InChI=1S/C23H39NOS/c1-17(2)8-11-26-15-18-4-5-20-13-22(3,9-6-19(20)12-18)21-7-10-23(24,14-21)16-25/h6,13,17-18,21,25H,4-5,7-12,14-16,24H2,1-3H3/t18-,21+,22?,23-/m1/s1. The SMILES string of the molecule is CC(C)CCSC[C@@H]1CCC2=CC(C)([C@H]3CC[C@](N)(CO)C3)CC=C2C1. The van der Waals surface area contributed by atoms with E-state index < -0.39 is 0 Å². The van der Waals surface area contributed by atoms with Crippen LogP contribution >= 0.6 is 11.8 Å². The van der Waals surface area contributed by atoms with Crippen molar-refractivity contribution in [3.63, 3.8) is 0 Å². The largest absolute Gasteiger partial charge is 0.394 e. The summed E-state index contributed by atoms with van der Waals surface area (Å²) in [6.45, 7) is 7.20. The highest BCUT2D eigenvalue weighted by Crippen LogP contribution is 2.51. The maximum Gasteiger partial charge on any atom is 0.0611 e. The van der Waals surface area contributed by atoms with Crippen LogP contribution in [0.5, 0.6) is 0 Å². The molecule has 148 valence electrons. The summed E-state index contributed by atoms with van der Waals surface area (Å²) in [4.78, 5) is 0. The molecular formula is C23H39NOS. The van der Waals surface area contributed by atoms with Crippen molar-refractivity contribution in [2.45, 2.75) is 77.7 Å². The minimum Gasteiger partial charge on any atom is -0.394 e. The Morgan fingerprint density at radius 1 is 1.31 bits per heavy atom. The maximum absolute atomic E-state index is 9.61. The molecule has 3 N–H and O–H groups in total. The van der Waals surface area contributed by atoms with E-state index in [0.717, 1.165) is 37.5 Å². The van der Waals surface area contributed by atoms with E-state index in [0.29, 0.717) is 5.92 Å². The predicted octanol–water partition coefficient (Wildman–Crippen LogP) is 5.32. The first-order valence-corrected chi connectivity index (χ1v) is 11.9. The summed E-state index contributed by atoms with van der Waals surface area (Å²) in [5.74, 6) is 4.98. The summed E-state index contributed by atoms with van der Waals surface area (Å²) >= 11 is 2.17. The number of aliphatic hydroxyl groups excluding tert-OH is 1. The Hall–Kier alpha value is -0.250. The normalized spacial score (nSPS) is 37.5. The van der Waals surface area contributed by atoms with Gasteiger partial charge in [0.15, 0.2) is 0 Å². The molecule has 2 nitrogen and oxygen atoms in total. The van der Waals surface area contributed by atoms with E-state index in [1.165, 1.54) is 37.2 Å². The predicted molar refractivity (Wildman–Crippen MR) is 114 cm³/mol. The Morgan fingerprint density at radius 3 is 2.81 bits per heavy atom. The zero-order valence-corrected chi connectivity index (χ0v) is 17.9. The molecule has 0 heterocycles. The molecule has 3 aliphatic rings. The molecule has 0 aliphatic heterocycles. The van der Waals surface area contributed by atoms with Gasteiger partial charge in [-0.25, -0.2) is 0 Å². The zero-order chi connectivity index (χ0) is 18.8. The molecule has 0 aromatic heterocycles. The van der Waals surface area contributed by atoms with Crippen LogP contribution in [0.2, 0.25) is 0 Å². The molecule has 0 aromatic carbocycles. The second kappa shape index (κ2) is 8.41. The van der Waals surface area contributed by atoms with Gasteiger partial charge in [-0.2, -0.15) is 11.8 Å². The van der Waals surface area contributed by atoms with Crippen molar-refractivity contribution in [1.82, 2.24) is 0 Å². The van der Waals surface area contributed by atoms with Crippen molar-refractivity contribution in [2.24, 2.45) is 28.9 Å². The molecule has 4 atom stereocenters. The topological polar surface area (TPSA) is 46.2 Å². The smallest absolute Gasteiger partial charge is 0.0611 e. The third-order valence-corrected chi connectivity index (χ3v) is 8.35. The van der Waals surface area contributed by atoms with Crippen molar-refractivity contribution in [3.8, 4) is 0 Å². The number of fused-ring (bicyclic) bond motifs is 1. The summed E-state index contributed by atoms with van der Waals surface area (Å²) < 4.78 is 0. The summed E-state index contributed by atoms with van der Waals surface area (Å²) in [5.41, 5.74) is 9.53. The van der Waals surface area contributed by atoms with Crippen molar-refractivity contribution >= 4 is 11.8 Å². The Morgan fingerprint density at radius 2 is 2.12 bits per heavy atom. The molecule has 3 rings (SSSR count). The third-order valence-electron chi connectivity index (χ3n) is 7.12. The van der Waals surface area contributed by atoms with Gasteiger partial charge >= 0.3 is 0 Å². The Bertz CT molecular complexity index is 554. The van der Waals surface area contributed by atoms with Gasteiger partial charge in [0.1, 0.15) is 0 Å². The van der Waals surface area contributed by atoms with Gasteiger partial charge in [-0.1, -0.05) is 32.9 Å². The van der Waals surface area contributed by atoms with Gasteiger partial charge in [-0.3, -0.25) is 0 Å². The number of aliphatic hydroxyl groups is 1. The fourth-order valence-electron chi connectivity index (χ4n) is 5.10. The van der Waals surface area contributed by atoms with Crippen LogP contribution in [0, 0.1) is 23.2 Å². The van der Waals surface area contributed by atoms with Gasteiger partial charge in [0.2, 0.25) is 0 Å². The van der Waals surface area contributed by atoms with E-state index in [4.69, 9.17) is 5.73 Å². The van der Waals surface area contributed by atoms with Crippen LogP contribution in [0.25, 0.3) is 0 Å². The molecular weight excluding hydrogens is 338 g/mol.